The van der Waals surface area contributed by atoms with E-state index in [0.717, 1.165) is 43.6 Å². The number of hydrogen-bond acceptors (Lipinski definition) is 5. The molecule has 118 valence electrons. The van der Waals surface area contributed by atoms with Gasteiger partial charge in [0.05, 0.1) is 18.4 Å². The second-order valence-electron chi connectivity index (χ2n) is 6.25. The highest BCUT2D eigenvalue weighted by Crippen LogP contribution is 2.27. The summed E-state index contributed by atoms with van der Waals surface area (Å²) in [5.74, 6) is 0.0638. The van der Waals surface area contributed by atoms with Crippen molar-refractivity contribution in [3.63, 3.8) is 0 Å². The number of nitrogens with zero attached hydrogens (tertiary/aromatic N) is 3. The number of alkyl halides is 1. The Morgan fingerprint density at radius 3 is 2.67 bits per heavy atom. The van der Waals surface area contributed by atoms with Gasteiger partial charge < -0.3 is 9.64 Å². The Balaban J connectivity index is 1.98. The van der Waals surface area contributed by atoms with Gasteiger partial charge in [0.2, 0.25) is 0 Å². The van der Waals surface area contributed by atoms with Crippen LogP contribution in [0.25, 0.3) is 0 Å². The second-order valence-corrected chi connectivity index (χ2v) is 7.80. The molecule has 0 saturated carbocycles. The molecule has 5 nitrogen and oxygen atoms in total. The molecule has 21 heavy (non-hydrogen) atoms. The summed E-state index contributed by atoms with van der Waals surface area (Å²) in [5, 5.41) is 5.00. The SMILES string of the molecule is CC(C)(C)c1nnsc1C(=O)N1CCC(OCCBr)CC1. The Labute approximate surface area is 138 Å². The van der Waals surface area contributed by atoms with E-state index in [0.29, 0.717) is 4.88 Å². The Kier molecular flexibility index (Phi) is 5.73. The van der Waals surface area contributed by atoms with Gasteiger partial charge in [-0.25, -0.2) is 0 Å². The zero-order valence-electron chi connectivity index (χ0n) is 12.8. The largest absolute Gasteiger partial charge is 0.377 e. The highest BCUT2D eigenvalue weighted by Gasteiger charge is 2.31. The molecular formula is C14H22BrN3O2S. The van der Waals surface area contributed by atoms with Crippen LogP contribution in [-0.2, 0) is 10.2 Å². The van der Waals surface area contributed by atoms with Gasteiger partial charge in [0.1, 0.15) is 4.88 Å². The fourth-order valence-corrected chi connectivity index (χ4v) is 3.43. The molecule has 1 aliphatic heterocycles. The molecular weight excluding hydrogens is 354 g/mol. The summed E-state index contributed by atoms with van der Waals surface area (Å²) in [6, 6.07) is 0. The minimum atomic E-state index is -0.157. The highest BCUT2D eigenvalue weighted by molar-refractivity contribution is 9.09. The van der Waals surface area contributed by atoms with E-state index in [1.165, 1.54) is 11.5 Å². The summed E-state index contributed by atoms with van der Waals surface area (Å²) in [5.41, 5.74) is 0.644. The van der Waals surface area contributed by atoms with E-state index in [1.807, 2.05) is 4.90 Å². The number of ether oxygens (including phenoxy) is 1. The lowest BCUT2D eigenvalue weighted by Crippen LogP contribution is -2.41. The van der Waals surface area contributed by atoms with Gasteiger partial charge in [-0.2, -0.15) is 0 Å². The van der Waals surface area contributed by atoms with E-state index in [9.17, 15) is 4.79 Å². The second kappa shape index (κ2) is 7.15. The Hall–Kier alpha value is -0.530. The summed E-state index contributed by atoms with van der Waals surface area (Å²) < 4.78 is 9.70. The van der Waals surface area contributed by atoms with Crippen LogP contribution < -0.4 is 0 Å². The van der Waals surface area contributed by atoms with E-state index >= 15 is 0 Å². The molecule has 7 heteroatoms. The van der Waals surface area contributed by atoms with E-state index in [4.69, 9.17) is 4.74 Å². The Morgan fingerprint density at radius 1 is 1.43 bits per heavy atom. The van der Waals surface area contributed by atoms with Gasteiger partial charge in [-0.15, -0.1) is 5.10 Å². The lowest BCUT2D eigenvalue weighted by Gasteiger charge is -2.32. The van der Waals surface area contributed by atoms with Crippen molar-refractivity contribution in [2.24, 2.45) is 0 Å². The average Bonchev–Trinajstić information content (AvgIpc) is 2.94. The molecule has 0 bridgehead atoms. The molecule has 0 radical (unpaired) electrons. The lowest BCUT2D eigenvalue weighted by atomic mass is 9.91. The van der Waals surface area contributed by atoms with E-state index < -0.39 is 0 Å². The third-order valence-corrected chi connectivity index (χ3v) is 4.59. The van der Waals surface area contributed by atoms with Crippen molar-refractivity contribution in [3.8, 4) is 0 Å². The molecule has 1 saturated heterocycles. The van der Waals surface area contributed by atoms with E-state index in [2.05, 4.69) is 46.3 Å². The van der Waals surface area contributed by atoms with Crippen LogP contribution in [0.1, 0.15) is 49.0 Å². The van der Waals surface area contributed by atoms with Gasteiger partial charge in [0, 0.05) is 23.8 Å². The topological polar surface area (TPSA) is 55.3 Å². The summed E-state index contributed by atoms with van der Waals surface area (Å²) in [7, 11) is 0. The maximum atomic E-state index is 12.7. The molecule has 0 aromatic carbocycles. The maximum absolute atomic E-state index is 12.7. The van der Waals surface area contributed by atoms with E-state index in [-0.39, 0.29) is 17.4 Å². The van der Waals surface area contributed by atoms with Crippen LogP contribution in [-0.4, -0.2) is 51.5 Å². The number of rotatable bonds is 4. The standard InChI is InChI=1S/C14H22BrN3O2S/c1-14(2,3)12-11(21-17-16-12)13(19)18-7-4-10(5-8-18)20-9-6-15/h10H,4-9H2,1-3H3. The van der Waals surface area contributed by atoms with Crippen LogP contribution >= 0.6 is 27.5 Å². The average molecular weight is 376 g/mol. The highest BCUT2D eigenvalue weighted by atomic mass is 79.9. The molecule has 0 spiro atoms. The number of piperidine rings is 1. The molecule has 0 atom stereocenters. The van der Waals surface area contributed by atoms with Crippen LogP contribution in [0.4, 0.5) is 0 Å². The smallest absolute Gasteiger partial charge is 0.267 e. The quantitative estimate of drug-likeness (QED) is 0.759. The monoisotopic (exact) mass is 375 g/mol. The Morgan fingerprint density at radius 2 is 2.10 bits per heavy atom. The molecule has 1 aliphatic rings. The first-order chi connectivity index (χ1) is 9.93. The number of amides is 1. The number of aromatic nitrogens is 2. The first-order valence-corrected chi connectivity index (χ1v) is 9.12. The first kappa shape index (κ1) is 16.8. The van der Waals surface area contributed by atoms with Gasteiger partial charge >= 0.3 is 0 Å². The van der Waals surface area contributed by atoms with Crippen molar-refractivity contribution >= 4 is 33.4 Å². The minimum absolute atomic E-state index is 0.0638. The third-order valence-electron chi connectivity index (χ3n) is 3.55. The Bertz CT molecular complexity index is 479. The van der Waals surface area contributed by atoms with E-state index in [1.54, 1.807) is 0 Å². The molecule has 0 unspecified atom stereocenters. The number of hydrogen-bond donors (Lipinski definition) is 0. The predicted molar refractivity (Wildman–Crippen MR) is 87.3 cm³/mol. The molecule has 1 fully saturated rings. The zero-order valence-corrected chi connectivity index (χ0v) is 15.2. The van der Waals surface area contributed by atoms with Gasteiger partial charge in [0.25, 0.3) is 5.91 Å². The fraction of sp³-hybridized carbons (Fsp3) is 0.786. The number of halogens is 1. The van der Waals surface area contributed by atoms with Crippen molar-refractivity contribution in [1.29, 1.82) is 0 Å². The predicted octanol–water partition coefficient (Wildman–Crippen LogP) is 2.85. The fourth-order valence-electron chi connectivity index (χ4n) is 2.40. The van der Waals surface area contributed by atoms with Crippen molar-refractivity contribution in [1.82, 2.24) is 14.5 Å². The molecule has 2 heterocycles. The molecule has 2 rings (SSSR count). The third kappa shape index (κ3) is 4.23. The van der Waals surface area contributed by atoms with Gasteiger partial charge in [-0.05, 0) is 24.4 Å². The van der Waals surface area contributed by atoms with Crippen molar-refractivity contribution in [2.45, 2.75) is 45.1 Å². The molecule has 1 amide bonds. The van der Waals surface area contributed by atoms with Gasteiger partial charge in [-0.1, -0.05) is 41.2 Å². The van der Waals surface area contributed by atoms with Crippen molar-refractivity contribution in [2.75, 3.05) is 25.0 Å². The van der Waals surface area contributed by atoms with Crippen LogP contribution in [0.15, 0.2) is 0 Å². The van der Waals surface area contributed by atoms with Crippen LogP contribution in [0.5, 0.6) is 0 Å². The molecule has 1 aromatic rings. The number of carbonyl (C=O) groups is 1. The summed E-state index contributed by atoms with van der Waals surface area (Å²) in [6.07, 6.45) is 2.07. The number of likely N-dealkylation sites (tertiary alicyclic amines) is 1. The summed E-state index contributed by atoms with van der Waals surface area (Å²) in [4.78, 5) is 15.2. The minimum Gasteiger partial charge on any atom is -0.377 e. The normalized spacial score (nSPS) is 17.2. The molecule has 0 aliphatic carbocycles. The summed E-state index contributed by atoms with van der Waals surface area (Å²) in [6.45, 7) is 8.38. The molecule has 0 N–H and O–H groups in total. The van der Waals surface area contributed by atoms with Crippen molar-refractivity contribution in [3.05, 3.63) is 10.6 Å². The maximum Gasteiger partial charge on any atom is 0.267 e. The van der Waals surface area contributed by atoms with Gasteiger partial charge in [-0.3, -0.25) is 4.79 Å². The van der Waals surface area contributed by atoms with Crippen LogP contribution in [0.3, 0.4) is 0 Å². The van der Waals surface area contributed by atoms with Crippen molar-refractivity contribution < 1.29 is 9.53 Å². The zero-order chi connectivity index (χ0) is 15.5. The molecule has 1 aromatic heterocycles. The lowest BCUT2D eigenvalue weighted by molar-refractivity contribution is 0.0161. The summed E-state index contributed by atoms with van der Waals surface area (Å²) >= 11 is 4.56. The van der Waals surface area contributed by atoms with Gasteiger partial charge in [0.15, 0.2) is 0 Å². The van der Waals surface area contributed by atoms with Crippen LogP contribution in [0.2, 0.25) is 0 Å². The first-order valence-electron chi connectivity index (χ1n) is 7.23. The number of carbonyl (C=O) groups excluding carboxylic acids is 1. The van der Waals surface area contributed by atoms with Crippen LogP contribution in [0, 0.1) is 0 Å².